The molecular weight excluding hydrogens is 757 g/mol. The Morgan fingerprint density at radius 3 is 1.31 bits per heavy atom. The average Bonchev–Trinajstić information content (AvgIpc) is 3.26. The van der Waals surface area contributed by atoms with Gasteiger partial charge in [0.15, 0.2) is 6.10 Å². The van der Waals surface area contributed by atoms with Crippen LogP contribution in [0.25, 0.3) is 0 Å². The van der Waals surface area contributed by atoms with Gasteiger partial charge in [-0.2, -0.15) is 0 Å². The van der Waals surface area contributed by atoms with E-state index in [2.05, 4.69) is 99.8 Å². The van der Waals surface area contributed by atoms with Crippen molar-refractivity contribution < 1.29 is 28.6 Å². The summed E-state index contributed by atoms with van der Waals surface area (Å²) in [6.45, 7) is 6.28. The van der Waals surface area contributed by atoms with Crippen molar-refractivity contribution in [2.75, 3.05) is 13.2 Å². The van der Waals surface area contributed by atoms with Crippen LogP contribution in [0.1, 0.15) is 188 Å². The van der Waals surface area contributed by atoms with Gasteiger partial charge in [0.05, 0.1) is 0 Å². The fourth-order valence-corrected chi connectivity index (χ4v) is 5.95. The van der Waals surface area contributed by atoms with Crippen molar-refractivity contribution in [1.29, 1.82) is 0 Å². The zero-order valence-corrected chi connectivity index (χ0v) is 38.9. The van der Waals surface area contributed by atoms with Crippen molar-refractivity contribution in [1.82, 2.24) is 0 Å². The Labute approximate surface area is 373 Å². The molecule has 6 heteroatoms. The van der Waals surface area contributed by atoms with Crippen LogP contribution in [0.3, 0.4) is 0 Å². The van der Waals surface area contributed by atoms with Gasteiger partial charge >= 0.3 is 17.9 Å². The molecule has 0 fully saturated rings. The summed E-state index contributed by atoms with van der Waals surface area (Å²) in [5.41, 5.74) is 0. The molecule has 61 heavy (non-hydrogen) atoms. The third-order valence-corrected chi connectivity index (χ3v) is 9.54. The van der Waals surface area contributed by atoms with Gasteiger partial charge in [0.1, 0.15) is 13.2 Å². The monoisotopic (exact) mass is 843 g/mol. The molecule has 6 nitrogen and oxygen atoms in total. The van der Waals surface area contributed by atoms with E-state index in [0.717, 1.165) is 89.9 Å². The first-order valence-corrected chi connectivity index (χ1v) is 24.1. The molecule has 1 unspecified atom stereocenters. The highest BCUT2D eigenvalue weighted by Crippen LogP contribution is 2.11. The minimum atomic E-state index is -0.837. The molecule has 0 N–H and O–H groups in total. The normalized spacial score (nSPS) is 13.2. The minimum absolute atomic E-state index is 0.130. The van der Waals surface area contributed by atoms with Gasteiger partial charge in [-0.15, -0.1) is 0 Å². The van der Waals surface area contributed by atoms with Gasteiger partial charge in [-0.3, -0.25) is 14.4 Å². The molecule has 1 atom stereocenters. The lowest BCUT2D eigenvalue weighted by molar-refractivity contribution is -0.166. The van der Waals surface area contributed by atoms with Crippen molar-refractivity contribution in [3.05, 3.63) is 122 Å². The predicted octanol–water partition coefficient (Wildman–Crippen LogP) is 15.7. The van der Waals surface area contributed by atoms with Crippen LogP contribution in [0.2, 0.25) is 0 Å². The molecule has 0 rings (SSSR count). The van der Waals surface area contributed by atoms with Crippen molar-refractivity contribution in [2.24, 2.45) is 0 Å². The summed E-state index contributed by atoms with van der Waals surface area (Å²) in [6, 6.07) is 0. The molecule has 0 bridgehead atoms. The minimum Gasteiger partial charge on any atom is -0.462 e. The van der Waals surface area contributed by atoms with Crippen molar-refractivity contribution in [3.8, 4) is 0 Å². The lowest BCUT2D eigenvalue weighted by Crippen LogP contribution is -2.30. The summed E-state index contributed by atoms with van der Waals surface area (Å²) in [6.07, 6.45) is 66.2. The standard InChI is InChI=1S/C55H86O6/c1-4-7-10-13-16-19-22-25-26-27-28-29-31-33-36-39-42-45-48-54(57)60-51-52(50-59-53(56)47-44-41-38-35-32-24-21-18-15-12-9-6-3)61-55(58)49-46-43-40-37-34-30-23-20-17-14-11-8-5-2/h9-10,12-13,16,18-19,21-22,25-30,32,34-35,40,43,52H,4-8,11,14-15,17,20,23-24,31,33,36-39,41-42,44-51H2,1-3H3/b12-9-,13-10-,19-16-,21-18-,25-22-,27-26-,29-28-,34-30-,35-32-,43-40-. The number of carbonyl (C=O) groups excluding carboxylic acids is 3. The summed E-state index contributed by atoms with van der Waals surface area (Å²) in [5, 5.41) is 0. The highest BCUT2D eigenvalue weighted by molar-refractivity contribution is 5.71. The second-order valence-electron chi connectivity index (χ2n) is 15.4. The van der Waals surface area contributed by atoms with E-state index in [-0.39, 0.29) is 38.0 Å². The van der Waals surface area contributed by atoms with E-state index >= 15 is 0 Å². The van der Waals surface area contributed by atoms with Crippen LogP contribution in [0, 0.1) is 0 Å². The van der Waals surface area contributed by atoms with Crippen molar-refractivity contribution in [2.45, 2.75) is 194 Å². The molecular formula is C55H86O6. The van der Waals surface area contributed by atoms with E-state index in [1.807, 2.05) is 42.5 Å². The van der Waals surface area contributed by atoms with E-state index in [1.54, 1.807) is 0 Å². The number of hydrogen-bond acceptors (Lipinski definition) is 6. The maximum absolute atomic E-state index is 12.7. The van der Waals surface area contributed by atoms with Crippen LogP contribution >= 0.6 is 0 Å². The number of esters is 3. The number of allylic oxidation sites excluding steroid dienone is 20. The molecule has 342 valence electrons. The zero-order valence-electron chi connectivity index (χ0n) is 38.9. The first kappa shape index (κ1) is 56.8. The SMILES string of the molecule is CC/C=C\C/C=C\C/C=C\CCCCC(=O)OCC(COC(=O)CCCCCCC\C=C/C=C\C=C/C=C\C=C/CCC)OC(=O)CC/C=C\C/C=C\CCCCCCCC. The maximum Gasteiger partial charge on any atom is 0.306 e. The lowest BCUT2D eigenvalue weighted by atomic mass is 10.1. The first-order chi connectivity index (χ1) is 30.0. The molecule has 0 amide bonds. The Bertz CT molecular complexity index is 1340. The Morgan fingerprint density at radius 1 is 0.361 bits per heavy atom. The third-order valence-electron chi connectivity index (χ3n) is 9.54. The second-order valence-corrected chi connectivity index (χ2v) is 15.4. The molecule has 0 aliphatic heterocycles. The van der Waals surface area contributed by atoms with Gasteiger partial charge in [0.25, 0.3) is 0 Å². The van der Waals surface area contributed by atoms with Gasteiger partial charge in [-0.1, -0.05) is 200 Å². The van der Waals surface area contributed by atoms with E-state index in [9.17, 15) is 14.4 Å². The fourth-order valence-electron chi connectivity index (χ4n) is 5.95. The van der Waals surface area contributed by atoms with Crippen LogP contribution in [0.15, 0.2) is 122 Å². The fraction of sp³-hybridized carbons (Fsp3) is 0.582. The smallest absolute Gasteiger partial charge is 0.306 e. The number of unbranched alkanes of at least 4 members (excludes halogenated alkanes) is 14. The van der Waals surface area contributed by atoms with Gasteiger partial charge in [0.2, 0.25) is 0 Å². The van der Waals surface area contributed by atoms with Gasteiger partial charge in [0, 0.05) is 19.3 Å². The molecule has 0 radical (unpaired) electrons. The third kappa shape index (κ3) is 46.7. The molecule has 0 saturated heterocycles. The summed E-state index contributed by atoms with van der Waals surface area (Å²) in [7, 11) is 0. The van der Waals surface area contributed by atoms with Crippen LogP contribution in [0.5, 0.6) is 0 Å². The number of rotatable bonds is 41. The summed E-state index contributed by atoms with van der Waals surface area (Å²) in [5.74, 6) is -1.07. The van der Waals surface area contributed by atoms with Crippen LogP contribution in [-0.4, -0.2) is 37.2 Å². The van der Waals surface area contributed by atoms with Gasteiger partial charge in [-0.25, -0.2) is 0 Å². The van der Waals surface area contributed by atoms with E-state index in [1.165, 1.54) is 44.9 Å². The van der Waals surface area contributed by atoms with E-state index in [4.69, 9.17) is 14.2 Å². The largest absolute Gasteiger partial charge is 0.462 e. The molecule has 0 aliphatic rings. The Balaban J connectivity index is 4.57. The van der Waals surface area contributed by atoms with Gasteiger partial charge in [-0.05, 0) is 89.9 Å². The lowest BCUT2D eigenvalue weighted by Gasteiger charge is -2.18. The quantitative estimate of drug-likeness (QED) is 0.0201. The van der Waals surface area contributed by atoms with Crippen LogP contribution in [0.4, 0.5) is 0 Å². The average molecular weight is 843 g/mol. The van der Waals surface area contributed by atoms with E-state index < -0.39 is 12.1 Å². The number of hydrogen-bond donors (Lipinski definition) is 0. The molecule has 0 saturated carbocycles. The predicted molar refractivity (Wildman–Crippen MR) is 260 cm³/mol. The molecule has 0 aromatic rings. The Kier molecular flexibility index (Phi) is 45.1. The summed E-state index contributed by atoms with van der Waals surface area (Å²) >= 11 is 0. The number of ether oxygens (including phenoxy) is 3. The Morgan fingerprint density at radius 2 is 0.770 bits per heavy atom. The van der Waals surface area contributed by atoms with Crippen LogP contribution in [-0.2, 0) is 28.6 Å². The maximum atomic E-state index is 12.7. The number of carbonyl (C=O) groups is 3. The van der Waals surface area contributed by atoms with Crippen molar-refractivity contribution in [3.63, 3.8) is 0 Å². The topological polar surface area (TPSA) is 78.9 Å². The summed E-state index contributed by atoms with van der Waals surface area (Å²) < 4.78 is 16.6. The molecule has 0 aromatic carbocycles. The molecule has 0 aliphatic carbocycles. The van der Waals surface area contributed by atoms with Gasteiger partial charge < -0.3 is 14.2 Å². The van der Waals surface area contributed by atoms with E-state index in [0.29, 0.717) is 19.3 Å². The molecule has 0 spiro atoms. The second kappa shape index (κ2) is 48.5. The Hall–Kier alpha value is -4.19. The first-order valence-electron chi connectivity index (χ1n) is 24.1. The molecule has 0 aromatic heterocycles. The highest BCUT2D eigenvalue weighted by atomic mass is 16.6. The molecule has 0 heterocycles. The highest BCUT2D eigenvalue weighted by Gasteiger charge is 2.19. The van der Waals surface area contributed by atoms with Crippen molar-refractivity contribution >= 4 is 17.9 Å². The zero-order chi connectivity index (χ0) is 44.4. The van der Waals surface area contributed by atoms with Crippen LogP contribution < -0.4 is 0 Å². The summed E-state index contributed by atoms with van der Waals surface area (Å²) in [4.78, 5) is 37.8.